The summed E-state index contributed by atoms with van der Waals surface area (Å²) in [6.07, 6.45) is 4.73. The molecule has 4 rings (SSSR count). The fraction of sp³-hybridized carbons (Fsp3) is 0.360. The van der Waals surface area contributed by atoms with Crippen molar-refractivity contribution in [3.05, 3.63) is 58.7 Å². The van der Waals surface area contributed by atoms with Crippen molar-refractivity contribution in [2.75, 3.05) is 11.8 Å². The highest BCUT2D eigenvalue weighted by atomic mass is 32.2. The first kappa shape index (κ1) is 25.1. The maximum absolute atomic E-state index is 14.4. The van der Waals surface area contributed by atoms with Crippen molar-refractivity contribution in [2.45, 2.75) is 50.5 Å². The first-order valence-electron chi connectivity index (χ1n) is 11.2. The van der Waals surface area contributed by atoms with Gasteiger partial charge in [0, 0.05) is 10.9 Å². The lowest BCUT2D eigenvalue weighted by Gasteiger charge is -2.34. The summed E-state index contributed by atoms with van der Waals surface area (Å²) in [5, 5.41) is 10.8. The van der Waals surface area contributed by atoms with Crippen molar-refractivity contribution in [3.63, 3.8) is 0 Å². The Labute approximate surface area is 208 Å². The Morgan fingerprint density at radius 1 is 1.17 bits per heavy atom. The Kier molecular flexibility index (Phi) is 6.88. The minimum Gasteiger partial charge on any atom is -0.492 e. The van der Waals surface area contributed by atoms with Crippen LogP contribution in [0.2, 0.25) is 0 Å². The van der Waals surface area contributed by atoms with Gasteiger partial charge >= 0.3 is 5.97 Å². The van der Waals surface area contributed by atoms with Crippen molar-refractivity contribution in [1.82, 2.24) is 4.98 Å². The number of anilines is 1. The number of methoxy groups -OCH3 is 1. The van der Waals surface area contributed by atoms with Crippen molar-refractivity contribution in [2.24, 2.45) is 5.41 Å². The zero-order valence-electron chi connectivity index (χ0n) is 19.7. The number of nitrogens with one attached hydrogen (secondary N) is 1. The Hall–Kier alpha value is -2.98. The summed E-state index contributed by atoms with van der Waals surface area (Å²) >= 11 is 1.19. The van der Waals surface area contributed by atoms with Gasteiger partial charge in [-0.25, -0.2) is 14.2 Å². The number of sulfonamides is 1. The van der Waals surface area contributed by atoms with Gasteiger partial charge in [-0.2, -0.15) is 8.42 Å². The monoisotopic (exact) mass is 518 g/mol. The van der Waals surface area contributed by atoms with E-state index in [4.69, 9.17) is 9.84 Å². The van der Waals surface area contributed by atoms with Gasteiger partial charge in [0.2, 0.25) is 0 Å². The first-order chi connectivity index (χ1) is 16.5. The van der Waals surface area contributed by atoms with Crippen LogP contribution >= 0.6 is 11.3 Å². The van der Waals surface area contributed by atoms with E-state index in [1.165, 1.54) is 35.1 Å². The van der Waals surface area contributed by atoms with E-state index in [-0.39, 0.29) is 10.7 Å². The molecule has 10 heteroatoms. The molecule has 7 nitrogen and oxygen atoms in total. The number of halogens is 1. The van der Waals surface area contributed by atoms with Crippen LogP contribution in [-0.4, -0.2) is 31.6 Å². The van der Waals surface area contributed by atoms with E-state index in [1.54, 1.807) is 0 Å². The number of hydrogen-bond acceptors (Lipinski definition) is 6. The molecule has 2 N–H and O–H groups in total. The number of benzene rings is 2. The van der Waals surface area contributed by atoms with E-state index in [1.807, 2.05) is 12.1 Å². The summed E-state index contributed by atoms with van der Waals surface area (Å²) < 4.78 is 47.4. The third-order valence-corrected chi connectivity index (χ3v) is 8.79. The number of carboxylic acid groups (broad SMARTS) is 1. The summed E-state index contributed by atoms with van der Waals surface area (Å²) in [6, 6.07) is 10.2. The summed E-state index contributed by atoms with van der Waals surface area (Å²) in [7, 11) is -3.04. The van der Waals surface area contributed by atoms with E-state index in [0.717, 1.165) is 37.6 Å². The topological polar surface area (TPSA) is 106 Å². The molecule has 186 valence electrons. The standard InChI is InChI=1S/C25H27FN2O5S2/c1-25(2)12-10-16(11-13-25)15-4-6-17(7-5-15)23-27-20(14-34-23)35(31,32)28-19-9-8-18(24(29)30)21(26)22(19)33-3/h4-9,14,16,28H,10-13H2,1-3H3,(H,29,30). The largest absolute Gasteiger partial charge is 0.492 e. The molecule has 0 bridgehead atoms. The molecule has 0 saturated heterocycles. The highest BCUT2D eigenvalue weighted by Gasteiger charge is 2.28. The zero-order valence-corrected chi connectivity index (χ0v) is 21.3. The third kappa shape index (κ3) is 5.33. The van der Waals surface area contributed by atoms with E-state index < -0.39 is 33.1 Å². The number of hydrogen-bond donors (Lipinski definition) is 2. The van der Waals surface area contributed by atoms with Gasteiger partial charge < -0.3 is 9.84 Å². The Morgan fingerprint density at radius 3 is 2.43 bits per heavy atom. The second kappa shape index (κ2) is 9.58. The quantitative estimate of drug-likeness (QED) is 0.389. The van der Waals surface area contributed by atoms with Crippen LogP contribution in [0.3, 0.4) is 0 Å². The molecule has 3 aromatic rings. The van der Waals surface area contributed by atoms with Gasteiger partial charge in [-0.05, 0) is 54.7 Å². The number of ether oxygens (including phenoxy) is 1. The first-order valence-corrected chi connectivity index (χ1v) is 13.6. The minimum atomic E-state index is -4.16. The van der Waals surface area contributed by atoms with Gasteiger partial charge in [0.05, 0.1) is 18.4 Å². The number of carboxylic acids is 1. The van der Waals surface area contributed by atoms with E-state index in [0.29, 0.717) is 16.3 Å². The fourth-order valence-corrected chi connectivity index (χ4v) is 6.51. The second-order valence-electron chi connectivity index (χ2n) is 9.47. The molecule has 1 aromatic heterocycles. The molecule has 1 saturated carbocycles. The van der Waals surface area contributed by atoms with Crippen molar-refractivity contribution in [3.8, 4) is 16.3 Å². The molecular weight excluding hydrogens is 491 g/mol. The van der Waals surface area contributed by atoms with E-state index >= 15 is 0 Å². The molecule has 1 aliphatic carbocycles. The molecule has 1 heterocycles. The number of aromatic carboxylic acids is 1. The van der Waals surface area contributed by atoms with Crippen LogP contribution in [-0.2, 0) is 10.0 Å². The predicted molar refractivity (Wildman–Crippen MR) is 133 cm³/mol. The maximum Gasteiger partial charge on any atom is 0.338 e. The lowest BCUT2D eigenvalue weighted by molar-refractivity contribution is 0.0691. The summed E-state index contributed by atoms with van der Waals surface area (Å²) in [4.78, 5) is 15.4. The number of aromatic nitrogens is 1. The van der Waals surface area contributed by atoms with Gasteiger partial charge in [-0.15, -0.1) is 11.3 Å². The van der Waals surface area contributed by atoms with Crippen LogP contribution in [0.5, 0.6) is 5.75 Å². The van der Waals surface area contributed by atoms with Crippen LogP contribution in [0.4, 0.5) is 10.1 Å². The van der Waals surface area contributed by atoms with Gasteiger partial charge in [0.15, 0.2) is 16.6 Å². The van der Waals surface area contributed by atoms with Crippen molar-refractivity contribution in [1.29, 1.82) is 0 Å². The highest BCUT2D eigenvalue weighted by molar-refractivity contribution is 7.92. The SMILES string of the molecule is COc1c(NS(=O)(=O)c2csc(-c3ccc(C4CCC(C)(C)CC4)cc3)n2)ccc(C(=O)O)c1F. The highest BCUT2D eigenvalue weighted by Crippen LogP contribution is 2.42. The zero-order chi connectivity index (χ0) is 25.4. The molecule has 0 radical (unpaired) electrons. The average Bonchev–Trinajstić information content (AvgIpc) is 3.31. The Bertz CT molecular complexity index is 1340. The van der Waals surface area contributed by atoms with E-state index in [2.05, 4.69) is 35.7 Å². The number of thiazole rings is 1. The smallest absolute Gasteiger partial charge is 0.338 e. The van der Waals surface area contributed by atoms with Crippen molar-refractivity contribution < 1.29 is 27.4 Å². The van der Waals surface area contributed by atoms with Gasteiger partial charge in [0.1, 0.15) is 5.01 Å². The van der Waals surface area contributed by atoms with E-state index in [9.17, 15) is 17.6 Å². The number of nitrogens with zero attached hydrogens (tertiary/aromatic N) is 1. The number of carbonyl (C=O) groups is 1. The van der Waals surface area contributed by atoms with Crippen LogP contribution in [0.1, 0.15) is 61.4 Å². The van der Waals surface area contributed by atoms with Crippen LogP contribution in [0.25, 0.3) is 10.6 Å². The Balaban J connectivity index is 1.52. The normalized spacial score (nSPS) is 16.1. The minimum absolute atomic E-state index is 0.218. The van der Waals surface area contributed by atoms with Crippen LogP contribution in [0.15, 0.2) is 46.8 Å². The molecule has 1 aliphatic rings. The fourth-order valence-electron chi connectivity index (χ4n) is 4.34. The lowest BCUT2D eigenvalue weighted by Crippen LogP contribution is -2.20. The van der Waals surface area contributed by atoms with Gasteiger partial charge in [-0.3, -0.25) is 4.72 Å². The lowest BCUT2D eigenvalue weighted by atomic mass is 9.71. The molecule has 0 unspecified atom stereocenters. The molecule has 0 atom stereocenters. The molecule has 35 heavy (non-hydrogen) atoms. The third-order valence-electron chi connectivity index (χ3n) is 6.50. The Morgan fingerprint density at radius 2 is 1.83 bits per heavy atom. The van der Waals surface area contributed by atoms with Gasteiger partial charge in [-0.1, -0.05) is 38.1 Å². The molecule has 0 aliphatic heterocycles. The molecule has 2 aromatic carbocycles. The molecule has 1 fully saturated rings. The van der Waals surface area contributed by atoms with Crippen LogP contribution < -0.4 is 9.46 Å². The van der Waals surface area contributed by atoms with Crippen LogP contribution in [0, 0.1) is 11.2 Å². The summed E-state index contributed by atoms with van der Waals surface area (Å²) in [5.41, 5.74) is 1.66. The predicted octanol–water partition coefficient (Wildman–Crippen LogP) is 6.14. The summed E-state index contributed by atoms with van der Waals surface area (Å²) in [6.45, 7) is 4.62. The average molecular weight is 519 g/mol. The van der Waals surface area contributed by atoms with Crippen molar-refractivity contribution >= 4 is 33.0 Å². The molecular formula is C25H27FN2O5S2. The number of rotatable bonds is 7. The van der Waals surface area contributed by atoms with Gasteiger partial charge in [0.25, 0.3) is 10.0 Å². The molecule has 0 amide bonds. The summed E-state index contributed by atoms with van der Waals surface area (Å²) in [5.74, 6) is -2.62. The maximum atomic E-state index is 14.4. The molecule has 0 spiro atoms. The second-order valence-corrected chi connectivity index (χ2v) is 12.0.